The molecule has 3 heteroatoms. The molecule has 92 valence electrons. The highest BCUT2D eigenvalue weighted by molar-refractivity contribution is 5.20. The van der Waals surface area contributed by atoms with E-state index in [4.69, 9.17) is 16.6 Å². The van der Waals surface area contributed by atoms with Gasteiger partial charge in [-0.2, -0.15) is 0 Å². The van der Waals surface area contributed by atoms with Crippen LogP contribution in [0.1, 0.15) is 29.9 Å². The lowest BCUT2D eigenvalue weighted by atomic mass is 10.2. The Bertz CT molecular complexity index is 412. The van der Waals surface area contributed by atoms with E-state index in [9.17, 15) is 0 Å². The van der Waals surface area contributed by atoms with Crippen LogP contribution in [0.2, 0.25) is 0 Å². The summed E-state index contributed by atoms with van der Waals surface area (Å²) in [5, 5.41) is 0. The van der Waals surface area contributed by atoms with Crippen molar-refractivity contribution in [2.75, 3.05) is 13.1 Å². The van der Waals surface area contributed by atoms with Crippen LogP contribution in [0.4, 0.5) is 0 Å². The molecule has 1 fully saturated rings. The van der Waals surface area contributed by atoms with Crippen molar-refractivity contribution in [3.8, 4) is 12.3 Å². The zero-order chi connectivity index (χ0) is 12.3. The molecule has 0 unspecified atom stereocenters. The highest BCUT2D eigenvalue weighted by atomic mass is 16.3. The van der Waals surface area contributed by atoms with Crippen LogP contribution >= 0.6 is 0 Å². The highest BCUT2D eigenvalue weighted by Crippen LogP contribution is 2.30. The minimum Gasteiger partial charge on any atom is -0.463 e. The van der Waals surface area contributed by atoms with E-state index in [1.807, 2.05) is 6.92 Å². The predicted molar refractivity (Wildman–Crippen MR) is 68.2 cm³/mol. The second-order valence-corrected chi connectivity index (χ2v) is 4.84. The van der Waals surface area contributed by atoms with E-state index in [0.717, 1.165) is 36.1 Å². The van der Waals surface area contributed by atoms with E-state index in [1.165, 1.54) is 12.8 Å². The summed E-state index contributed by atoms with van der Waals surface area (Å²) in [6, 6.07) is 2.07. The monoisotopic (exact) mass is 232 g/mol. The van der Waals surface area contributed by atoms with Crippen molar-refractivity contribution in [1.82, 2.24) is 4.90 Å². The lowest BCUT2D eigenvalue weighted by Gasteiger charge is -2.17. The van der Waals surface area contributed by atoms with Crippen molar-refractivity contribution >= 4 is 0 Å². The minimum absolute atomic E-state index is 0.462. The Kier molecular flexibility index (Phi) is 3.88. The van der Waals surface area contributed by atoms with Crippen LogP contribution < -0.4 is 5.73 Å². The summed E-state index contributed by atoms with van der Waals surface area (Å²) in [5.41, 5.74) is 6.74. The summed E-state index contributed by atoms with van der Waals surface area (Å²) in [7, 11) is 0. The molecular formula is C14H20N2O. The molecule has 17 heavy (non-hydrogen) atoms. The number of rotatable bonds is 6. The van der Waals surface area contributed by atoms with Crippen molar-refractivity contribution in [1.29, 1.82) is 0 Å². The van der Waals surface area contributed by atoms with Crippen LogP contribution in [0, 0.1) is 25.2 Å². The third-order valence-corrected chi connectivity index (χ3v) is 3.16. The van der Waals surface area contributed by atoms with Gasteiger partial charge in [-0.3, -0.25) is 4.90 Å². The van der Waals surface area contributed by atoms with Gasteiger partial charge in [-0.05, 0) is 37.3 Å². The van der Waals surface area contributed by atoms with E-state index in [0.29, 0.717) is 13.1 Å². The third kappa shape index (κ3) is 3.36. The zero-order valence-corrected chi connectivity index (χ0v) is 10.4. The number of furan rings is 1. The highest BCUT2D eigenvalue weighted by Gasteiger charge is 2.24. The molecule has 1 aliphatic carbocycles. The molecule has 1 heterocycles. The van der Waals surface area contributed by atoms with Gasteiger partial charge in [-0.15, -0.1) is 6.42 Å². The number of nitrogens with two attached hydrogens (primary N) is 1. The molecule has 0 bridgehead atoms. The Balaban J connectivity index is 1.97. The molecule has 1 aromatic heterocycles. The van der Waals surface area contributed by atoms with E-state index in [2.05, 4.69) is 16.9 Å². The van der Waals surface area contributed by atoms with Crippen LogP contribution in [0.15, 0.2) is 10.5 Å². The Morgan fingerprint density at radius 3 is 2.88 bits per heavy atom. The van der Waals surface area contributed by atoms with E-state index < -0.39 is 0 Å². The van der Waals surface area contributed by atoms with Crippen LogP contribution in [0.25, 0.3) is 0 Å². The molecule has 1 saturated carbocycles. The maximum absolute atomic E-state index is 5.71. The lowest BCUT2D eigenvalue weighted by molar-refractivity contribution is 0.259. The van der Waals surface area contributed by atoms with Gasteiger partial charge in [0.05, 0.1) is 19.6 Å². The minimum atomic E-state index is 0.462. The number of terminal acetylenes is 1. The van der Waals surface area contributed by atoms with Crippen LogP contribution in [-0.4, -0.2) is 18.0 Å². The maximum Gasteiger partial charge on any atom is 0.120 e. The summed E-state index contributed by atoms with van der Waals surface area (Å²) in [6.07, 6.45) is 8.08. The van der Waals surface area contributed by atoms with E-state index in [1.54, 1.807) is 0 Å². The maximum atomic E-state index is 5.71. The fourth-order valence-electron chi connectivity index (χ4n) is 2.07. The second-order valence-electron chi connectivity index (χ2n) is 4.84. The summed E-state index contributed by atoms with van der Waals surface area (Å²) in [5.74, 6) is 5.41. The van der Waals surface area contributed by atoms with Crippen molar-refractivity contribution in [2.45, 2.75) is 32.9 Å². The number of hydrogen-bond donors (Lipinski definition) is 1. The largest absolute Gasteiger partial charge is 0.463 e. The quantitative estimate of drug-likeness (QED) is 0.762. The van der Waals surface area contributed by atoms with Gasteiger partial charge in [0.25, 0.3) is 0 Å². The van der Waals surface area contributed by atoms with Gasteiger partial charge in [-0.1, -0.05) is 5.92 Å². The normalized spacial score (nSPS) is 15.2. The van der Waals surface area contributed by atoms with Crippen LogP contribution in [0.5, 0.6) is 0 Å². The van der Waals surface area contributed by atoms with Gasteiger partial charge >= 0.3 is 0 Å². The van der Waals surface area contributed by atoms with Gasteiger partial charge in [0.2, 0.25) is 0 Å². The average molecular weight is 232 g/mol. The van der Waals surface area contributed by atoms with E-state index >= 15 is 0 Å². The topological polar surface area (TPSA) is 42.4 Å². The molecule has 0 aliphatic heterocycles. The molecular weight excluding hydrogens is 212 g/mol. The second kappa shape index (κ2) is 5.39. The number of aryl methyl sites for hydroxylation is 1. The van der Waals surface area contributed by atoms with Gasteiger partial charge in [0.1, 0.15) is 11.5 Å². The fourth-order valence-corrected chi connectivity index (χ4v) is 2.07. The third-order valence-electron chi connectivity index (χ3n) is 3.16. The molecule has 0 atom stereocenters. The SMILES string of the molecule is C#CCN(Cc1cc(C)c(CN)o1)CC1CC1. The molecule has 2 rings (SSSR count). The first-order chi connectivity index (χ1) is 8.22. The first-order valence-corrected chi connectivity index (χ1v) is 6.17. The molecule has 0 saturated heterocycles. The summed E-state index contributed by atoms with van der Waals surface area (Å²) < 4.78 is 5.71. The van der Waals surface area contributed by atoms with E-state index in [-0.39, 0.29) is 0 Å². The Hall–Kier alpha value is -1.24. The standard InChI is InChI=1S/C14H20N2O/c1-3-6-16(9-12-4-5-12)10-13-7-11(2)14(8-15)17-13/h1,7,12H,4-6,8-10,15H2,2H3. The molecule has 0 spiro atoms. The molecule has 1 aromatic rings. The molecule has 0 amide bonds. The number of nitrogens with zero attached hydrogens (tertiary/aromatic N) is 1. The smallest absolute Gasteiger partial charge is 0.120 e. The first kappa shape index (κ1) is 12.2. The molecule has 0 radical (unpaired) electrons. The van der Waals surface area contributed by atoms with Crippen molar-refractivity contribution in [3.05, 3.63) is 23.2 Å². The zero-order valence-electron chi connectivity index (χ0n) is 10.4. The van der Waals surface area contributed by atoms with Crippen molar-refractivity contribution < 1.29 is 4.42 Å². The Morgan fingerprint density at radius 2 is 2.35 bits per heavy atom. The van der Waals surface area contributed by atoms with Crippen LogP contribution in [0.3, 0.4) is 0 Å². The number of hydrogen-bond acceptors (Lipinski definition) is 3. The van der Waals surface area contributed by atoms with Gasteiger partial charge in [0, 0.05) is 6.54 Å². The van der Waals surface area contributed by atoms with Crippen LogP contribution in [-0.2, 0) is 13.1 Å². The Morgan fingerprint density at radius 1 is 1.59 bits per heavy atom. The summed E-state index contributed by atoms with van der Waals surface area (Å²) >= 11 is 0. The van der Waals surface area contributed by atoms with Gasteiger partial charge < -0.3 is 10.2 Å². The molecule has 3 nitrogen and oxygen atoms in total. The lowest BCUT2D eigenvalue weighted by Crippen LogP contribution is -2.25. The molecule has 0 aromatic carbocycles. The first-order valence-electron chi connectivity index (χ1n) is 6.17. The van der Waals surface area contributed by atoms with Gasteiger partial charge in [0.15, 0.2) is 0 Å². The Labute approximate surface area is 103 Å². The molecule has 2 N–H and O–H groups in total. The van der Waals surface area contributed by atoms with Crippen molar-refractivity contribution in [3.63, 3.8) is 0 Å². The summed E-state index contributed by atoms with van der Waals surface area (Å²) in [6.45, 7) is 5.06. The van der Waals surface area contributed by atoms with Crippen molar-refractivity contribution in [2.24, 2.45) is 11.7 Å². The average Bonchev–Trinajstić information content (AvgIpc) is 3.02. The predicted octanol–water partition coefficient (Wildman–Crippen LogP) is 1.89. The molecule has 1 aliphatic rings. The summed E-state index contributed by atoms with van der Waals surface area (Å²) in [4.78, 5) is 2.27. The van der Waals surface area contributed by atoms with Gasteiger partial charge in [-0.25, -0.2) is 0 Å². The fraction of sp³-hybridized carbons (Fsp3) is 0.571.